The predicted molar refractivity (Wildman–Crippen MR) is 73.5 cm³/mol. The first-order valence-corrected chi connectivity index (χ1v) is 7.10. The monoisotopic (exact) mass is 270 g/mol. The van der Waals surface area contributed by atoms with Crippen molar-refractivity contribution in [3.8, 4) is 0 Å². The molecule has 110 valence electrons. The molecule has 5 heteroatoms. The number of nitrogens with two attached hydrogens (primary N) is 1. The lowest BCUT2D eigenvalue weighted by Gasteiger charge is -2.38. The van der Waals surface area contributed by atoms with E-state index in [0.717, 1.165) is 6.42 Å². The predicted octanol–water partition coefficient (Wildman–Crippen LogP) is 1.32. The summed E-state index contributed by atoms with van der Waals surface area (Å²) in [6.45, 7) is 6.94. The Kier molecular flexibility index (Phi) is 5.79. The average molecular weight is 270 g/mol. The van der Waals surface area contributed by atoms with E-state index >= 15 is 0 Å². The normalized spacial score (nSPS) is 25.4. The fraction of sp³-hybridized carbons (Fsp3) is 0.857. The largest absolute Gasteiger partial charge is 0.480 e. The van der Waals surface area contributed by atoms with Crippen LogP contribution in [0.15, 0.2) is 0 Å². The van der Waals surface area contributed by atoms with Gasteiger partial charge in [-0.1, -0.05) is 20.8 Å². The second-order valence-corrected chi connectivity index (χ2v) is 6.08. The van der Waals surface area contributed by atoms with Crippen molar-refractivity contribution >= 4 is 11.9 Å². The molecule has 1 heterocycles. The molecule has 0 aliphatic carbocycles. The maximum atomic E-state index is 12.5. The Morgan fingerprint density at radius 1 is 1.42 bits per heavy atom. The number of amides is 1. The van der Waals surface area contributed by atoms with E-state index in [2.05, 4.69) is 0 Å². The fourth-order valence-electron chi connectivity index (χ4n) is 2.74. The molecule has 1 rings (SSSR count). The van der Waals surface area contributed by atoms with Gasteiger partial charge in [-0.2, -0.15) is 0 Å². The van der Waals surface area contributed by atoms with Crippen LogP contribution in [0.5, 0.6) is 0 Å². The van der Waals surface area contributed by atoms with Gasteiger partial charge >= 0.3 is 5.97 Å². The van der Waals surface area contributed by atoms with Crippen LogP contribution in [-0.2, 0) is 9.59 Å². The van der Waals surface area contributed by atoms with E-state index in [1.165, 1.54) is 4.90 Å². The Morgan fingerprint density at radius 3 is 2.53 bits per heavy atom. The fourth-order valence-corrected chi connectivity index (χ4v) is 2.74. The molecule has 0 radical (unpaired) electrons. The van der Waals surface area contributed by atoms with Gasteiger partial charge in [0, 0.05) is 13.1 Å². The molecule has 0 aromatic rings. The summed E-state index contributed by atoms with van der Waals surface area (Å²) >= 11 is 0. The van der Waals surface area contributed by atoms with Crippen molar-refractivity contribution in [2.24, 2.45) is 23.5 Å². The number of rotatable bonds is 5. The molecular weight excluding hydrogens is 244 g/mol. The van der Waals surface area contributed by atoms with Gasteiger partial charge in [0.15, 0.2) is 0 Å². The average Bonchev–Trinajstić information content (AvgIpc) is 2.34. The summed E-state index contributed by atoms with van der Waals surface area (Å²) in [4.78, 5) is 25.3. The zero-order valence-corrected chi connectivity index (χ0v) is 12.1. The Balaban J connectivity index is 2.79. The van der Waals surface area contributed by atoms with Crippen LogP contribution in [0.4, 0.5) is 0 Å². The number of piperidine rings is 1. The number of aliphatic carboxylic acids is 1. The molecule has 3 atom stereocenters. The van der Waals surface area contributed by atoms with Crippen LogP contribution < -0.4 is 5.73 Å². The van der Waals surface area contributed by atoms with Crippen LogP contribution >= 0.6 is 0 Å². The third kappa shape index (κ3) is 4.20. The smallest absolute Gasteiger partial charge is 0.326 e. The van der Waals surface area contributed by atoms with Gasteiger partial charge in [0.25, 0.3) is 0 Å². The molecule has 0 spiro atoms. The highest BCUT2D eigenvalue weighted by molar-refractivity contribution is 5.85. The summed E-state index contributed by atoms with van der Waals surface area (Å²) < 4.78 is 0. The van der Waals surface area contributed by atoms with Crippen molar-refractivity contribution in [3.63, 3.8) is 0 Å². The van der Waals surface area contributed by atoms with Crippen LogP contribution in [0.1, 0.15) is 40.0 Å². The minimum absolute atomic E-state index is 0.0875. The number of carbonyl (C=O) groups is 2. The van der Waals surface area contributed by atoms with Gasteiger partial charge in [-0.05, 0) is 31.1 Å². The van der Waals surface area contributed by atoms with E-state index in [1.54, 1.807) is 0 Å². The summed E-state index contributed by atoms with van der Waals surface area (Å²) in [5.41, 5.74) is 5.68. The Hall–Kier alpha value is -1.10. The van der Waals surface area contributed by atoms with Crippen molar-refractivity contribution in [2.75, 3.05) is 13.1 Å². The third-order valence-corrected chi connectivity index (χ3v) is 3.82. The summed E-state index contributed by atoms with van der Waals surface area (Å²) in [7, 11) is 0. The molecule has 1 fully saturated rings. The maximum absolute atomic E-state index is 12.5. The topological polar surface area (TPSA) is 83.6 Å². The van der Waals surface area contributed by atoms with Crippen LogP contribution in [0, 0.1) is 17.8 Å². The highest BCUT2D eigenvalue weighted by Crippen LogP contribution is 2.25. The Morgan fingerprint density at radius 2 is 2.05 bits per heavy atom. The zero-order chi connectivity index (χ0) is 14.6. The first kappa shape index (κ1) is 16.0. The lowest BCUT2D eigenvalue weighted by molar-refractivity contribution is -0.155. The Bertz CT molecular complexity index is 331. The number of carbonyl (C=O) groups excluding carboxylic acids is 1. The third-order valence-electron chi connectivity index (χ3n) is 3.82. The van der Waals surface area contributed by atoms with Crippen LogP contribution in [0.3, 0.4) is 0 Å². The van der Waals surface area contributed by atoms with E-state index in [9.17, 15) is 14.7 Å². The quantitative estimate of drug-likeness (QED) is 0.789. The molecular formula is C14H26N2O3. The second-order valence-electron chi connectivity index (χ2n) is 6.08. The lowest BCUT2D eigenvalue weighted by atomic mass is 9.89. The molecule has 1 aliphatic rings. The second kappa shape index (κ2) is 6.89. The SMILES string of the molecule is CC(C)CC(CN)C(=O)N1CCC(C)CC1C(=O)O. The molecule has 3 unspecified atom stereocenters. The molecule has 1 saturated heterocycles. The molecule has 0 aromatic heterocycles. The molecule has 19 heavy (non-hydrogen) atoms. The molecule has 0 saturated carbocycles. The first-order chi connectivity index (χ1) is 8.86. The van der Waals surface area contributed by atoms with Gasteiger partial charge in [-0.25, -0.2) is 4.79 Å². The number of nitrogens with zero attached hydrogens (tertiary/aromatic N) is 1. The number of hydrogen-bond acceptors (Lipinski definition) is 3. The van der Waals surface area contributed by atoms with Crippen LogP contribution in [-0.4, -0.2) is 41.0 Å². The van der Waals surface area contributed by atoms with Gasteiger partial charge in [0.2, 0.25) is 5.91 Å². The van der Waals surface area contributed by atoms with Gasteiger partial charge < -0.3 is 15.7 Å². The minimum atomic E-state index is -0.903. The first-order valence-electron chi connectivity index (χ1n) is 7.10. The van der Waals surface area contributed by atoms with E-state index in [4.69, 9.17) is 5.73 Å². The van der Waals surface area contributed by atoms with Crippen LogP contribution in [0.25, 0.3) is 0 Å². The minimum Gasteiger partial charge on any atom is -0.480 e. The number of carboxylic acid groups (broad SMARTS) is 1. The van der Waals surface area contributed by atoms with E-state index in [-0.39, 0.29) is 18.4 Å². The molecule has 0 aromatic carbocycles. The molecule has 5 nitrogen and oxygen atoms in total. The molecule has 3 N–H and O–H groups in total. The highest BCUT2D eigenvalue weighted by Gasteiger charge is 2.37. The van der Waals surface area contributed by atoms with Crippen molar-refractivity contribution < 1.29 is 14.7 Å². The van der Waals surface area contributed by atoms with Crippen molar-refractivity contribution in [3.05, 3.63) is 0 Å². The molecule has 0 bridgehead atoms. The summed E-state index contributed by atoms with van der Waals surface area (Å²) in [5, 5.41) is 9.29. The van der Waals surface area contributed by atoms with Crippen molar-refractivity contribution in [1.82, 2.24) is 4.90 Å². The van der Waals surface area contributed by atoms with Gasteiger partial charge in [0.1, 0.15) is 6.04 Å². The van der Waals surface area contributed by atoms with Crippen molar-refractivity contribution in [2.45, 2.75) is 46.1 Å². The maximum Gasteiger partial charge on any atom is 0.326 e. The Labute approximate surface area is 115 Å². The molecule has 1 aliphatic heterocycles. The standard InChI is InChI=1S/C14H26N2O3/c1-9(2)6-11(8-15)13(17)16-5-4-10(3)7-12(16)14(18)19/h9-12H,4-8,15H2,1-3H3,(H,18,19). The van der Waals surface area contributed by atoms with Gasteiger partial charge in [-0.3, -0.25) is 4.79 Å². The summed E-state index contributed by atoms with van der Waals surface area (Å²) in [5.74, 6) is -0.512. The van der Waals surface area contributed by atoms with E-state index in [0.29, 0.717) is 31.2 Å². The van der Waals surface area contributed by atoms with E-state index in [1.807, 2.05) is 20.8 Å². The molecule has 1 amide bonds. The highest BCUT2D eigenvalue weighted by atomic mass is 16.4. The number of carboxylic acids is 1. The van der Waals surface area contributed by atoms with Crippen LogP contribution in [0.2, 0.25) is 0 Å². The van der Waals surface area contributed by atoms with Gasteiger partial charge in [-0.15, -0.1) is 0 Å². The number of likely N-dealkylation sites (tertiary alicyclic amines) is 1. The summed E-state index contributed by atoms with van der Waals surface area (Å²) in [6.07, 6.45) is 2.13. The zero-order valence-electron chi connectivity index (χ0n) is 12.1. The van der Waals surface area contributed by atoms with E-state index < -0.39 is 12.0 Å². The number of hydrogen-bond donors (Lipinski definition) is 2. The van der Waals surface area contributed by atoms with Gasteiger partial charge in [0.05, 0.1) is 5.92 Å². The summed E-state index contributed by atoms with van der Waals surface area (Å²) in [6, 6.07) is -0.683. The van der Waals surface area contributed by atoms with Crippen molar-refractivity contribution in [1.29, 1.82) is 0 Å². The lowest BCUT2D eigenvalue weighted by Crippen LogP contribution is -2.52.